The Hall–Kier alpha value is -2.09. The van der Waals surface area contributed by atoms with Crippen LogP contribution in [0.2, 0.25) is 0 Å². The molecule has 0 spiro atoms. The molecular weight excluding hydrogens is 333 g/mol. The third-order valence-corrected chi connectivity index (χ3v) is 2.80. The number of sulfonamides is 1. The zero-order valence-corrected chi connectivity index (χ0v) is 10.3. The second kappa shape index (κ2) is 5.36. The number of hydrogen-bond acceptors (Lipinski definition) is 6. The molecule has 0 radical (unpaired) electrons. The van der Waals surface area contributed by atoms with Gasteiger partial charge in [-0.1, -0.05) is 0 Å². The second-order valence-corrected chi connectivity index (χ2v) is 4.88. The highest BCUT2D eigenvalue weighted by molar-refractivity contribution is 7.89. The summed E-state index contributed by atoms with van der Waals surface area (Å²) in [5.41, 5.74) is -1.61. The molecule has 0 saturated heterocycles. The molecule has 0 fully saturated rings. The van der Waals surface area contributed by atoms with E-state index in [4.69, 9.17) is 0 Å². The molecule has 0 amide bonds. The van der Waals surface area contributed by atoms with Crippen molar-refractivity contribution in [3.05, 3.63) is 21.7 Å². The van der Waals surface area contributed by atoms with Crippen LogP contribution in [-0.4, -0.2) is 24.7 Å². The van der Waals surface area contributed by atoms with E-state index in [9.17, 15) is 40.5 Å². The molecule has 1 aromatic rings. The van der Waals surface area contributed by atoms with E-state index in [-0.39, 0.29) is 6.07 Å². The van der Waals surface area contributed by atoms with Gasteiger partial charge in [-0.2, -0.15) is 0 Å². The standard InChI is InChI=1S/C7H4F5N3O5S/c8-4(9)2-1-3(21(13,18)19)5(15(16)17)14-6(2)20-7(10,11)12/h1,4H,(H2,13,18,19). The zero-order chi connectivity index (χ0) is 16.6. The fraction of sp³-hybridized carbons (Fsp3) is 0.286. The van der Waals surface area contributed by atoms with E-state index in [0.29, 0.717) is 0 Å². The molecule has 21 heavy (non-hydrogen) atoms. The minimum atomic E-state index is -5.46. The van der Waals surface area contributed by atoms with E-state index < -0.39 is 49.9 Å². The van der Waals surface area contributed by atoms with Gasteiger partial charge in [0.2, 0.25) is 10.0 Å². The summed E-state index contributed by atoms with van der Waals surface area (Å²) in [7, 11) is -4.87. The van der Waals surface area contributed by atoms with Gasteiger partial charge in [-0.3, -0.25) is 0 Å². The van der Waals surface area contributed by atoms with Crippen molar-refractivity contribution in [2.45, 2.75) is 17.7 Å². The van der Waals surface area contributed by atoms with Gasteiger partial charge in [-0.05, 0) is 11.0 Å². The van der Waals surface area contributed by atoms with E-state index in [1.165, 1.54) is 0 Å². The number of halogens is 5. The minimum Gasteiger partial charge on any atom is -0.366 e. The van der Waals surface area contributed by atoms with Crippen LogP contribution in [0, 0.1) is 10.1 Å². The highest BCUT2D eigenvalue weighted by Gasteiger charge is 2.39. The number of rotatable bonds is 4. The van der Waals surface area contributed by atoms with Crippen LogP contribution in [-0.2, 0) is 10.0 Å². The largest absolute Gasteiger partial charge is 0.575 e. The van der Waals surface area contributed by atoms with Crippen molar-refractivity contribution in [3.63, 3.8) is 0 Å². The van der Waals surface area contributed by atoms with Crippen molar-refractivity contribution < 1.29 is 40.0 Å². The third-order valence-electron chi connectivity index (χ3n) is 1.89. The highest BCUT2D eigenvalue weighted by atomic mass is 32.2. The molecule has 8 nitrogen and oxygen atoms in total. The monoisotopic (exact) mass is 337 g/mol. The third kappa shape index (κ3) is 4.19. The number of hydrogen-bond donors (Lipinski definition) is 1. The Morgan fingerprint density at radius 1 is 1.38 bits per heavy atom. The van der Waals surface area contributed by atoms with Crippen LogP contribution in [0.1, 0.15) is 12.0 Å². The molecule has 0 atom stereocenters. The Bertz CT molecular complexity index is 674. The van der Waals surface area contributed by atoms with E-state index in [1.807, 2.05) is 0 Å². The van der Waals surface area contributed by atoms with Gasteiger partial charge >= 0.3 is 18.1 Å². The fourth-order valence-corrected chi connectivity index (χ4v) is 1.84. The predicted octanol–water partition coefficient (Wildman–Crippen LogP) is 1.47. The van der Waals surface area contributed by atoms with Crippen LogP contribution in [0.15, 0.2) is 11.0 Å². The number of pyridine rings is 1. The summed E-state index contributed by atoms with van der Waals surface area (Å²) in [5, 5.41) is 15.1. The van der Waals surface area contributed by atoms with Crippen LogP contribution >= 0.6 is 0 Å². The lowest BCUT2D eigenvalue weighted by atomic mass is 10.2. The first-order chi connectivity index (χ1) is 9.33. The Kier molecular flexibility index (Phi) is 4.33. The normalized spacial score (nSPS) is 12.5. The minimum absolute atomic E-state index is 0.0911. The average Bonchev–Trinajstić information content (AvgIpc) is 2.23. The molecule has 1 rings (SSSR count). The summed E-state index contributed by atoms with van der Waals surface area (Å²) in [6, 6.07) is -0.0911. The molecule has 1 aromatic heterocycles. The highest BCUT2D eigenvalue weighted by Crippen LogP contribution is 2.36. The molecule has 118 valence electrons. The molecule has 14 heteroatoms. The number of ether oxygens (including phenoxy) is 1. The quantitative estimate of drug-likeness (QED) is 0.504. The molecule has 0 aliphatic carbocycles. The van der Waals surface area contributed by atoms with Gasteiger partial charge in [0, 0.05) is 4.98 Å². The molecule has 2 N–H and O–H groups in total. The zero-order valence-electron chi connectivity index (χ0n) is 9.47. The van der Waals surface area contributed by atoms with Crippen LogP contribution in [0.3, 0.4) is 0 Å². The van der Waals surface area contributed by atoms with E-state index in [1.54, 1.807) is 0 Å². The topological polar surface area (TPSA) is 125 Å². The van der Waals surface area contributed by atoms with Crippen molar-refractivity contribution in [1.29, 1.82) is 0 Å². The lowest BCUT2D eigenvalue weighted by Gasteiger charge is -2.10. The number of primary sulfonamides is 1. The van der Waals surface area contributed by atoms with Crippen LogP contribution in [0.25, 0.3) is 0 Å². The Morgan fingerprint density at radius 3 is 2.24 bits per heavy atom. The van der Waals surface area contributed by atoms with Crippen molar-refractivity contribution in [1.82, 2.24) is 4.98 Å². The van der Waals surface area contributed by atoms with Crippen LogP contribution < -0.4 is 9.88 Å². The molecule has 1 heterocycles. The Morgan fingerprint density at radius 2 is 1.90 bits per heavy atom. The van der Waals surface area contributed by atoms with Crippen molar-refractivity contribution >= 4 is 15.8 Å². The maximum atomic E-state index is 12.6. The predicted molar refractivity (Wildman–Crippen MR) is 53.9 cm³/mol. The first-order valence-electron chi connectivity index (χ1n) is 4.59. The summed E-state index contributed by atoms with van der Waals surface area (Å²) in [5.74, 6) is -3.50. The molecule has 0 aliphatic heterocycles. The van der Waals surface area contributed by atoms with E-state index >= 15 is 0 Å². The molecule has 0 aliphatic rings. The van der Waals surface area contributed by atoms with Gasteiger partial charge in [0.25, 0.3) is 6.43 Å². The van der Waals surface area contributed by atoms with Crippen molar-refractivity contribution in [2.24, 2.45) is 5.14 Å². The molecule has 0 saturated carbocycles. The number of nitro groups is 1. The van der Waals surface area contributed by atoms with Gasteiger partial charge < -0.3 is 14.9 Å². The Balaban J connectivity index is 3.67. The SMILES string of the molecule is NS(=O)(=O)c1cc(C(F)F)c(OC(F)(F)F)nc1[N+](=O)[O-]. The van der Waals surface area contributed by atoms with Gasteiger partial charge in [0.1, 0.15) is 5.56 Å². The number of nitrogens with two attached hydrogens (primary N) is 1. The van der Waals surface area contributed by atoms with Crippen LogP contribution in [0.5, 0.6) is 5.88 Å². The summed E-state index contributed by atoms with van der Waals surface area (Å²) < 4.78 is 86.5. The lowest BCUT2D eigenvalue weighted by molar-refractivity contribution is -0.393. The smallest absolute Gasteiger partial charge is 0.366 e. The first-order valence-corrected chi connectivity index (χ1v) is 6.13. The first kappa shape index (κ1) is 17.0. The summed E-state index contributed by atoms with van der Waals surface area (Å²) >= 11 is 0. The maximum absolute atomic E-state index is 12.6. The fourth-order valence-electron chi connectivity index (χ4n) is 1.17. The lowest BCUT2D eigenvalue weighted by Crippen LogP contribution is -2.21. The van der Waals surface area contributed by atoms with E-state index in [0.717, 1.165) is 0 Å². The summed E-state index contributed by atoms with van der Waals surface area (Å²) in [4.78, 5) is 10.2. The van der Waals surface area contributed by atoms with Gasteiger partial charge in [-0.25, -0.2) is 22.3 Å². The Labute approximate surface area is 112 Å². The molecule has 0 bridgehead atoms. The van der Waals surface area contributed by atoms with Crippen molar-refractivity contribution in [3.8, 4) is 5.88 Å². The molecular formula is C7H4F5N3O5S. The van der Waals surface area contributed by atoms with E-state index in [2.05, 4.69) is 14.9 Å². The maximum Gasteiger partial charge on any atom is 0.575 e. The average molecular weight is 337 g/mol. The van der Waals surface area contributed by atoms with Crippen molar-refractivity contribution in [2.75, 3.05) is 0 Å². The van der Waals surface area contributed by atoms with Crippen LogP contribution in [0.4, 0.5) is 27.8 Å². The summed E-state index contributed by atoms with van der Waals surface area (Å²) in [6.45, 7) is 0. The molecule has 0 aromatic carbocycles. The number of aromatic nitrogens is 1. The number of nitrogens with zero attached hydrogens (tertiary/aromatic N) is 2. The summed E-state index contributed by atoms with van der Waals surface area (Å²) in [6.07, 6.45) is -9.11. The van der Waals surface area contributed by atoms with Gasteiger partial charge in [0.05, 0.1) is 0 Å². The molecule has 0 unspecified atom stereocenters. The number of alkyl halides is 5. The second-order valence-electron chi connectivity index (χ2n) is 3.36. The van der Waals surface area contributed by atoms with Gasteiger partial charge in [0.15, 0.2) is 4.90 Å². The van der Waals surface area contributed by atoms with Gasteiger partial charge in [-0.15, -0.1) is 13.2 Å².